The molecule has 0 aliphatic rings. The number of esters is 1. The van der Waals surface area contributed by atoms with Crippen LogP contribution in [0.5, 0.6) is 0 Å². The second-order valence-corrected chi connectivity index (χ2v) is 4.58. The standard InChI is InChI=1S/C14H18F2O4/c1-2-3-4-13(18)20-9-14(19,8-17)11-6-5-10(15)7-12(11)16/h5-7,17,19H,2-4,8-9H2,1H3. The average Bonchev–Trinajstić information content (AvgIpc) is 2.42. The fourth-order valence-electron chi connectivity index (χ4n) is 1.67. The minimum atomic E-state index is -2.08. The van der Waals surface area contributed by atoms with Gasteiger partial charge in [0.05, 0.1) is 6.61 Å². The third-order valence-corrected chi connectivity index (χ3v) is 2.90. The predicted octanol–water partition coefficient (Wildman–Crippen LogP) is 1.88. The van der Waals surface area contributed by atoms with Gasteiger partial charge in [-0.15, -0.1) is 0 Å². The lowest BCUT2D eigenvalue weighted by Gasteiger charge is -2.26. The summed E-state index contributed by atoms with van der Waals surface area (Å²) in [6, 6.07) is 2.56. The van der Waals surface area contributed by atoms with Crippen molar-refractivity contribution in [3.05, 3.63) is 35.4 Å². The van der Waals surface area contributed by atoms with Crippen LogP contribution in [0.25, 0.3) is 0 Å². The third kappa shape index (κ3) is 4.25. The van der Waals surface area contributed by atoms with Crippen molar-refractivity contribution in [3.63, 3.8) is 0 Å². The molecule has 1 rings (SSSR count). The highest BCUT2D eigenvalue weighted by molar-refractivity contribution is 5.69. The lowest BCUT2D eigenvalue weighted by molar-refractivity contribution is -0.155. The summed E-state index contributed by atoms with van der Waals surface area (Å²) in [5.41, 5.74) is -2.40. The van der Waals surface area contributed by atoms with Crippen LogP contribution < -0.4 is 0 Å². The van der Waals surface area contributed by atoms with Gasteiger partial charge in [-0.05, 0) is 12.5 Å². The van der Waals surface area contributed by atoms with E-state index in [2.05, 4.69) is 0 Å². The van der Waals surface area contributed by atoms with Gasteiger partial charge in [-0.25, -0.2) is 8.78 Å². The quantitative estimate of drug-likeness (QED) is 0.752. The summed E-state index contributed by atoms with van der Waals surface area (Å²) >= 11 is 0. The topological polar surface area (TPSA) is 66.8 Å². The van der Waals surface area contributed by atoms with E-state index in [1.165, 1.54) is 0 Å². The Morgan fingerprint density at radius 1 is 1.40 bits per heavy atom. The molecule has 0 aliphatic carbocycles. The van der Waals surface area contributed by atoms with Gasteiger partial charge in [0.2, 0.25) is 0 Å². The van der Waals surface area contributed by atoms with Crippen LogP contribution in [0.4, 0.5) is 8.78 Å². The Hall–Kier alpha value is -1.53. The maximum Gasteiger partial charge on any atom is 0.305 e. The van der Waals surface area contributed by atoms with Crippen LogP contribution in [0.2, 0.25) is 0 Å². The highest BCUT2D eigenvalue weighted by Crippen LogP contribution is 2.25. The number of rotatable bonds is 7. The van der Waals surface area contributed by atoms with E-state index in [0.717, 1.165) is 18.6 Å². The number of hydrogen-bond donors (Lipinski definition) is 2. The van der Waals surface area contributed by atoms with Crippen molar-refractivity contribution in [3.8, 4) is 0 Å². The van der Waals surface area contributed by atoms with Gasteiger partial charge >= 0.3 is 5.97 Å². The molecular weight excluding hydrogens is 270 g/mol. The molecule has 20 heavy (non-hydrogen) atoms. The summed E-state index contributed by atoms with van der Waals surface area (Å²) < 4.78 is 31.3. The number of benzene rings is 1. The molecule has 0 saturated heterocycles. The number of carbonyl (C=O) groups is 1. The Balaban J connectivity index is 2.78. The highest BCUT2D eigenvalue weighted by atomic mass is 19.1. The van der Waals surface area contributed by atoms with Crippen molar-refractivity contribution in [1.29, 1.82) is 0 Å². The lowest BCUT2D eigenvalue weighted by atomic mass is 9.95. The van der Waals surface area contributed by atoms with E-state index < -0.39 is 36.4 Å². The van der Waals surface area contributed by atoms with Crippen LogP contribution in [-0.2, 0) is 15.1 Å². The summed E-state index contributed by atoms with van der Waals surface area (Å²) in [5.74, 6) is -2.35. The molecule has 2 N–H and O–H groups in total. The summed E-state index contributed by atoms with van der Waals surface area (Å²) in [7, 11) is 0. The van der Waals surface area contributed by atoms with Crippen LogP contribution in [0.1, 0.15) is 31.7 Å². The Morgan fingerprint density at radius 2 is 2.10 bits per heavy atom. The number of hydrogen-bond acceptors (Lipinski definition) is 4. The first-order valence-corrected chi connectivity index (χ1v) is 6.37. The van der Waals surface area contributed by atoms with Crippen molar-refractivity contribution >= 4 is 5.97 Å². The maximum atomic E-state index is 13.6. The number of halogens is 2. The lowest BCUT2D eigenvalue weighted by Crippen LogP contribution is -2.37. The molecule has 0 spiro atoms. The molecule has 0 amide bonds. The van der Waals surface area contributed by atoms with Crippen molar-refractivity contribution in [2.75, 3.05) is 13.2 Å². The van der Waals surface area contributed by atoms with E-state index in [-0.39, 0.29) is 12.0 Å². The maximum absolute atomic E-state index is 13.6. The Bertz CT molecular complexity index is 464. The fraction of sp³-hybridized carbons (Fsp3) is 0.500. The first-order chi connectivity index (χ1) is 9.42. The van der Waals surface area contributed by atoms with E-state index in [4.69, 9.17) is 4.74 Å². The van der Waals surface area contributed by atoms with E-state index in [0.29, 0.717) is 12.5 Å². The normalized spacial score (nSPS) is 13.8. The number of unbranched alkanes of at least 4 members (excludes halogenated alkanes) is 1. The minimum Gasteiger partial charge on any atom is -0.462 e. The molecule has 1 unspecified atom stereocenters. The van der Waals surface area contributed by atoms with Crippen molar-refractivity contribution in [2.45, 2.75) is 31.8 Å². The zero-order valence-corrected chi connectivity index (χ0v) is 11.2. The zero-order chi connectivity index (χ0) is 15.2. The molecular formula is C14H18F2O4. The number of aliphatic hydroxyl groups is 2. The monoisotopic (exact) mass is 288 g/mol. The molecule has 0 fully saturated rings. The van der Waals surface area contributed by atoms with Gasteiger partial charge in [-0.2, -0.15) is 0 Å². The summed E-state index contributed by atoms with van der Waals surface area (Å²) in [4.78, 5) is 11.4. The molecule has 0 aliphatic heterocycles. The molecule has 0 heterocycles. The minimum absolute atomic E-state index is 0.184. The van der Waals surface area contributed by atoms with Crippen LogP contribution in [0.3, 0.4) is 0 Å². The number of carbonyl (C=O) groups excluding carboxylic acids is 1. The van der Waals surface area contributed by atoms with Crippen molar-refractivity contribution in [2.24, 2.45) is 0 Å². The third-order valence-electron chi connectivity index (χ3n) is 2.90. The Kier molecular flexibility index (Phi) is 6.04. The molecule has 4 nitrogen and oxygen atoms in total. The molecule has 0 aromatic heterocycles. The van der Waals surface area contributed by atoms with E-state index in [1.54, 1.807) is 0 Å². The average molecular weight is 288 g/mol. The molecule has 0 bridgehead atoms. The van der Waals surface area contributed by atoms with Crippen LogP contribution >= 0.6 is 0 Å². The van der Waals surface area contributed by atoms with Gasteiger partial charge in [0, 0.05) is 18.1 Å². The van der Waals surface area contributed by atoms with Gasteiger partial charge in [0.1, 0.15) is 23.8 Å². The van der Waals surface area contributed by atoms with Crippen LogP contribution in [-0.4, -0.2) is 29.4 Å². The number of aliphatic hydroxyl groups excluding tert-OH is 1. The summed E-state index contributed by atoms with van der Waals surface area (Å²) in [6.45, 7) is 0.469. The predicted molar refractivity (Wildman–Crippen MR) is 67.8 cm³/mol. The second-order valence-electron chi connectivity index (χ2n) is 4.58. The smallest absolute Gasteiger partial charge is 0.305 e. The molecule has 1 atom stereocenters. The Labute approximate surface area is 116 Å². The molecule has 1 aromatic carbocycles. The second kappa shape index (κ2) is 7.31. The highest BCUT2D eigenvalue weighted by Gasteiger charge is 2.33. The fourth-order valence-corrected chi connectivity index (χ4v) is 1.67. The molecule has 112 valence electrons. The van der Waals surface area contributed by atoms with Crippen molar-refractivity contribution < 1.29 is 28.5 Å². The van der Waals surface area contributed by atoms with Gasteiger partial charge < -0.3 is 14.9 Å². The Morgan fingerprint density at radius 3 is 2.65 bits per heavy atom. The van der Waals surface area contributed by atoms with Crippen LogP contribution in [0.15, 0.2) is 18.2 Å². The first-order valence-electron chi connectivity index (χ1n) is 6.37. The van der Waals surface area contributed by atoms with E-state index >= 15 is 0 Å². The molecule has 0 saturated carbocycles. The van der Waals surface area contributed by atoms with Crippen LogP contribution in [0, 0.1) is 11.6 Å². The zero-order valence-electron chi connectivity index (χ0n) is 11.2. The van der Waals surface area contributed by atoms with E-state index in [9.17, 15) is 23.8 Å². The SMILES string of the molecule is CCCCC(=O)OCC(O)(CO)c1ccc(F)cc1F. The van der Waals surface area contributed by atoms with Gasteiger partial charge in [0.15, 0.2) is 0 Å². The van der Waals surface area contributed by atoms with E-state index in [1.807, 2.05) is 6.92 Å². The van der Waals surface area contributed by atoms with Gasteiger partial charge in [-0.1, -0.05) is 19.4 Å². The first kappa shape index (κ1) is 16.5. The largest absolute Gasteiger partial charge is 0.462 e. The van der Waals surface area contributed by atoms with Gasteiger partial charge in [-0.3, -0.25) is 4.79 Å². The molecule has 1 aromatic rings. The summed E-state index contributed by atoms with van der Waals surface area (Å²) in [5, 5.41) is 19.4. The summed E-state index contributed by atoms with van der Waals surface area (Å²) in [6.07, 6.45) is 1.64. The van der Waals surface area contributed by atoms with Crippen molar-refractivity contribution in [1.82, 2.24) is 0 Å². The molecule has 6 heteroatoms. The number of ether oxygens (including phenoxy) is 1. The molecule has 0 radical (unpaired) electrons. The van der Waals surface area contributed by atoms with Gasteiger partial charge in [0.25, 0.3) is 0 Å².